The van der Waals surface area contributed by atoms with Gasteiger partial charge in [0.1, 0.15) is 17.8 Å². The summed E-state index contributed by atoms with van der Waals surface area (Å²) in [5, 5.41) is 21.3. The molecule has 2 aromatic rings. The first-order valence-electron chi connectivity index (χ1n) is 16.3. The van der Waals surface area contributed by atoms with Gasteiger partial charge < -0.3 is 43.1 Å². The van der Waals surface area contributed by atoms with E-state index in [1.165, 1.54) is 0 Å². The molecule has 2 aromatic carbocycles. The molecule has 254 valence electrons. The van der Waals surface area contributed by atoms with E-state index in [9.17, 15) is 10.2 Å². The van der Waals surface area contributed by atoms with Crippen LogP contribution in [0.4, 0.5) is 0 Å². The highest BCUT2D eigenvalue weighted by Crippen LogP contribution is 2.42. The van der Waals surface area contributed by atoms with Gasteiger partial charge in [-0.3, -0.25) is 0 Å². The zero-order chi connectivity index (χ0) is 32.7. The van der Waals surface area contributed by atoms with Gasteiger partial charge in [0.25, 0.3) is 0 Å². The standard InChI is InChI=1S/C35H56O9Si/c1-27(2)45(28(3)4,29(5)6)43-22-21-39-18-17-38-19-20-40-25-35(26-41-23-30-13-9-7-10-14-30)33(32(36)34(37)44-35)42-24-31-15-11-8-12-16-31/h7-16,27-29,32-34,36-37H,17-26H2,1-6H3/t32-,33+,34?,35-/m1/s1. The molecule has 0 amide bonds. The normalized spacial score (nSPS) is 22.2. The monoisotopic (exact) mass is 648 g/mol. The van der Waals surface area contributed by atoms with Gasteiger partial charge in [0, 0.05) is 0 Å². The topological polar surface area (TPSA) is 105 Å². The highest BCUT2D eigenvalue weighted by atomic mass is 28.4. The molecule has 1 saturated heterocycles. The van der Waals surface area contributed by atoms with E-state index in [-0.39, 0.29) is 26.4 Å². The van der Waals surface area contributed by atoms with Crippen molar-refractivity contribution in [2.75, 3.05) is 52.9 Å². The van der Waals surface area contributed by atoms with Crippen molar-refractivity contribution in [3.8, 4) is 0 Å². The molecule has 0 radical (unpaired) electrons. The minimum absolute atomic E-state index is 0.0414. The van der Waals surface area contributed by atoms with E-state index in [0.717, 1.165) is 11.1 Å². The fourth-order valence-electron chi connectivity index (χ4n) is 6.50. The molecule has 0 aromatic heterocycles. The summed E-state index contributed by atoms with van der Waals surface area (Å²) in [4.78, 5) is 0. The molecule has 1 unspecified atom stereocenters. The first-order chi connectivity index (χ1) is 21.6. The number of rotatable bonds is 22. The lowest BCUT2D eigenvalue weighted by Gasteiger charge is -2.42. The van der Waals surface area contributed by atoms with Crippen LogP contribution < -0.4 is 0 Å². The van der Waals surface area contributed by atoms with Gasteiger partial charge in [-0.15, -0.1) is 0 Å². The predicted octanol–water partition coefficient (Wildman–Crippen LogP) is 5.48. The molecule has 1 aliphatic rings. The zero-order valence-corrected chi connectivity index (χ0v) is 29.1. The average molecular weight is 649 g/mol. The van der Waals surface area contributed by atoms with Crippen molar-refractivity contribution in [2.45, 2.75) is 95.5 Å². The highest BCUT2D eigenvalue weighted by Gasteiger charge is 2.56. The predicted molar refractivity (Wildman–Crippen MR) is 176 cm³/mol. The molecule has 1 heterocycles. The van der Waals surface area contributed by atoms with E-state index in [0.29, 0.717) is 56.3 Å². The van der Waals surface area contributed by atoms with Crippen LogP contribution >= 0.6 is 0 Å². The molecule has 1 fully saturated rings. The lowest BCUT2D eigenvalue weighted by Crippen LogP contribution is -2.52. The van der Waals surface area contributed by atoms with Gasteiger partial charge in [-0.2, -0.15) is 0 Å². The summed E-state index contributed by atoms with van der Waals surface area (Å²) in [7, 11) is -1.89. The third-order valence-electron chi connectivity index (χ3n) is 8.58. The third kappa shape index (κ3) is 10.9. The maximum atomic E-state index is 10.8. The Morgan fingerprint density at radius 2 is 1.11 bits per heavy atom. The second-order valence-corrected chi connectivity index (χ2v) is 18.2. The fraction of sp³-hybridized carbons (Fsp3) is 0.657. The molecule has 2 N–H and O–H groups in total. The first-order valence-corrected chi connectivity index (χ1v) is 18.4. The summed E-state index contributed by atoms with van der Waals surface area (Å²) in [6.45, 7) is 17.1. The number of hydrogen-bond donors (Lipinski definition) is 2. The van der Waals surface area contributed by atoms with E-state index in [1.54, 1.807) is 0 Å². The van der Waals surface area contributed by atoms with E-state index in [1.807, 2.05) is 60.7 Å². The number of ether oxygens (including phenoxy) is 6. The van der Waals surface area contributed by atoms with Gasteiger partial charge >= 0.3 is 0 Å². The Kier molecular flexibility index (Phi) is 16.1. The smallest absolute Gasteiger partial charge is 0.200 e. The van der Waals surface area contributed by atoms with Crippen LogP contribution in [-0.4, -0.2) is 95.5 Å². The van der Waals surface area contributed by atoms with Crippen molar-refractivity contribution in [3.05, 3.63) is 71.8 Å². The maximum Gasteiger partial charge on any atom is 0.200 e. The van der Waals surface area contributed by atoms with Crippen LogP contribution in [0.1, 0.15) is 52.7 Å². The van der Waals surface area contributed by atoms with Crippen molar-refractivity contribution >= 4 is 8.32 Å². The van der Waals surface area contributed by atoms with Gasteiger partial charge in [-0.1, -0.05) is 102 Å². The van der Waals surface area contributed by atoms with Crippen LogP contribution in [0.25, 0.3) is 0 Å². The molecule has 0 spiro atoms. The molecular formula is C35H56O9Si. The Morgan fingerprint density at radius 1 is 0.644 bits per heavy atom. The lowest BCUT2D eigenvalue weighted by atomic mass is 9.96. The second-order valence-electron chi connectivity index (χ2n) is 12.7. The van der Waals surface area contributed by atoms with Gasteiger partial charge in [0.05, 0.1) is 66.1 Å². The summed E-state index contributed by atoms with van der Waals surface area (Å²) in [6, 6.07) is 19.4. The minimum atomic E-state index is -1.89. The molecule has 0 aliphatic carbocycles. The lowest BCUT2D eigenvalue weighted by molar-refractivity contribution is -0.207. The fourth-order valence-corrected chi connectivity index (χ4v) is 11.9. The second kappa shape index (κ2) is 19.2. The minimum Gasteiger partial charge on any atom is -0.414 e. The summed E-state index contributed by atoms with van der Waals surface area (Å²) in [6.07, 6.45) is -3.56. The Balaban J connectivity index is 1.44. The number of aliphatic hydroxyl groups is 2. The molecule has 0 bridgehead atoms. The van der Waals surface area contributed by atoms with E-state index < -0.39 is 32.4 Å². The molecule has 1 aliphatic heterocycles. The SMILES string of the molecule is CC(C)[Si](OCCOCCOCCOC[C@]1(COCc2ccccc2)OC(O)[C@H](O)[C@@H]1OCc1ccccc1)(C(C)C)C(C)C. The maximum absolute atomic E-state index is 10.8. The Labute approximate surface area is 271 Å². The number of benzene rings is 2. The van der Waals surface area contributed by atoms with Gasteiger partial charge in [0.15, 0.2) is 14.6 Å². The number of hydrogen-bond acceptors (Lipinski definition) is 9. The summed E-state index contributed by atoms with van der Waals surface area (Å²) < 4.78 is 42.1. The zero-order valence-electron chi connectivity index (χ0n) is 28.1. The Hall–Kier alpha value is -1.70. The largest absolute Gasteiger partial charge is 0.414 e. The van der Waals surface area contributed by atoms with E-state index in [2.05, 4.69) is 41.5 Å². The quantitative estimate of drug-likeness (QED) is 0.127. The first kappa shape index (κ1) is 37.8. The average Bonchev–Trinajstić information content (AvgIpc) is 3.25. The van der Waals surface area contributed by atoms with Crippen molar-refractivity contribution in [2.24, 2.45) is 0 Å². The summed E-state index contributed by atoms with van der Waals surface area (Å²) >= 11 is 0. The van der Waals surface area contributed by atoms with Crippen LogP contribution in [0.15, 0.2) is 60.7 Å². The van der Waals surface area contributed by atoms with Crippen LogP contribution in [0.3, 0.4) is 0 Å². The van der Waals surface area contributed by atoms with Crippen molar-refractivity contribution < 1.29 is 43.1 Å². The van der Waals surface area contributed by atoms with E-state index in [4.69, 9.17) is 32.8 Å². The number of aliphatic hydroxyl groups excluding tert-OH is 2. The molecule has 10 heteroatoms. The van der Waals surface area contributed by atoms with Crippen molar-refractivity contribution in [1.29, 1.82) is 0 Å². The Bertz CT molecular complexity index is 1030. The molecule has 45 heavy (non-hydrogen) atoms. The van der Waals surface area contributed by atoms with Crippen molar-refractivity contribution in [1.82, 2.24) is 0 Å². The summed E-state index contributed by atoms with van der Waals surface area (Å²) in [5.74, 6) is 0. The molecular weight excluding hydrogens is 592 g/mol. The van der Waals surface area contributed by atoms with Crippen LogP contribution in [0.2, 0.25) is 16.6 Å². The van der Waals surface area contributed by atoms with Gasteiger partial charge in [0.2, 0.25) is 0 Å². The molecule has 3 rings (SSSR count). The van der Waals surface area contributed by atoms with Crippen LogP contribution in [-0.2, 0) is 46.1 Å². The Morgan fingerprint density at radius 3 is 1.64 bits per heavy atom. The summed E-state index contributed by atoms with van der Waals surface area (Å²) in [5.41, 5.74) is 2.35. The van der Waals surface area contributed by atoms with Crippen LogP contribution in [0.5, 0.6) is 0 Å². The third-order valence-corrected chi connectivity index (χ3v) is 14.7. The molecule has 4 atom stereocenters. The van der Waals surface area contributed by atoms with Crippen molar-refractivity contribution in [3.63, 3.8) is 0 Å². The molecule has 9 nitrogen and oxygen atoms in total. The van der Waals surface area contributed by atoms with Gasteiger partial charge in [-0.05, 0) is 27.8 Å². The highest BCUT2D eigenvalue weighted by molar-refractivity contribution is 6.77. The molecule has 0 saturated carbocycles. The van der Waals surface area contributed by atoms with Crippen LogP contribution in [0, 0.1) is 0 Å². The van der Waals surface area contributed by atoms with Gasteiger partial charge in [-0.25, -0.2) is 0 Å². The van der Waals surface area contributed by atoms with E-state index >= 15 is 0 Å².